The van der Waals surface area contributed by atoms with Gasteiger partial charge in [-0.1, -0.05) is 116 Å². The molecule has 0 amide bonds. The molecule has 0 aliphatic rings. The number of para-hydroxylation sites is 2. The van der Waals surface area contributed by atoms with Crippen LogP contribution in [0.1, 0.15) is 11.1 Å². The van der Waals surface area contributed by atoms with Crippen LogP contribution in [0.2, 0.25) is 0 Å². The van der Waals surface area contributed by atoms with Gasteiger partial charge in [0.05, 0.1) is 0 Å². The first-order valence-electron chi connectivity index (χ1n) is 14.5. The lowest BCUT2D eigenvalue weighted by Crippen LogP contribution is -2.10. The number of benzene rings is 6. The third-order valence-electron chi connectivity index (χ3n) is 8.15. The average molecular weight is 554 g/mol. The van der Waals surface area contributed by atoms with Gasteiger partial charge in [-0.25, -0.2) is 0 Å². The van der Waals surface area contributed by atoms with Crippen molar-refractivity contribution >= 4 is 44.6 Å². The molecule has 0 spiro atoms. The Morgan fingerprint density at radius 3 is 1.93 bits per heavy atom. The van der Waals surface area contributed by atoms with Gasteiger partial charge in [0.25, 0.3) is 0 Å². The number of nitrogens with zero attached hydrogens (tertiary/aromatic N) is 1. The molecule has 1 heterocycles. The smallest absolute Gasteiger partial charge is 0.143 e. The highest BCUT2D eigenvalue weighted by Crippen LogP contribution is 2.40. The number of rotatable bonds is 7. The van der Waals surface area contributed by atoms with Crippen molar-refractivity contribution in [3.63, 3.8) is 0 Å². The molecular formula is C41H31NO. The summed E-state index contributed by atoms with van der Waals surface area (Å²) in [7, 11) is 0. The molecule has 2 nitrogen and oxygen atoms in total. The maximum atomic E-state index is 6.33. The van der Waals surface area contributed by atoms with Crippen LogP contribution in [0.4, 0.5) is 17.1 Å². The van der Waals surface area contributed by atoms with E-state index in [1.165, 1.54) is 16.7 Å². The predicted molar refractivity (Wildman–Crippen MR) is 183 cm³/mol. The summed E-state index contributed by atoms with van der Waals surface area (Å²) < 4.78 is 6.33. The van der Waals surface area contributed by atoms with Crippen molar-refractivity contribution in [3.8, 4) is 22.3 Å². The Bertz CT molecular complexity index is 2100. The number of hydrogen-bond donors (Lipinski definition) is 0. The molecule has 7 aromatic rings. The third-order valence-corrected chi connectivity index (χ3v) is 8.15. The van der Waals surface area contributed by atoms with Crippen LogP contribution in [0, 0.1) is 6.92 Å². The molecule has 0 atom stereocenters. The lowest BCUT2D eigenvalue weighted by molar-refractivity contribution is 0.670. The number of allylic oxidation sites excluding steroid dienone is 2. The van der Waals surface area contributed by atoms with Crippen molar-refractivity contribution in [1.82, 2.24) is 0 Å². The molecule has 7 rings (SSSR count). The SMILES string of the molecule is C=CC(=C)c1cc(N(c2ccc(-c3ccccc3)cc2)c2ccc(-c3cccc4c3oc3ccccc34)cc2)ccc1C. The Balaban J connectivity index is 1.33. The van der Waals surface area contributed by atoms with Crippen molar-refractivity contribution in [2.24, 2.45) is 0 Å². The van der Waals surface area contributed by atoms with Gasteiger partial charge in [0.2, 0.25) is 0 Å². The minimum atomic E-state index is 0.906. The molecule has 0 bridgehead atoms. The summed E-state index contributed by atoms with van der Waals surface area (Å²) in [6.45, 7) is 10.3. The molecule has 2 heteroatoms. The Morgan fingerprint density at radius 2 is 1.21 bits per heavy atom. The summed E-state index contributed by atoms with van der Waals surface area (Å²) >= 11 is 0. The fourth-order valence-electron chi connectivity index (χ4n) is 5.85. The molecular weight excluding hydrogens is 522 g/mol. The minimum absolute atomic E-state index is 0.906. The van der Waals surface area contributed by atoms with Crippen LogP contribution in [0.5, 0.6) is 0 Å². The van der Waals surface area contributed by atoms with Crippen LogP contribution < -0.4 is 4.90 Å². The number of fused-ring (bicyclic) bond motifs is 3. The van der Waals surface area contributed by atoms with Gasteiger partial charge in [0.15, 0.2) is 0 Å². The van der Waals surface area contributed by atoms with Crippen molar-refractivity contribution in [1.29, 1.82) is 0 Å². The molecule has 0 saturated heterocycles. The normalized spacial score (nSPS) is 11.1. The maximum Gasteiger partial charge on any atom is 0.143 e. The Labute approximate surface area is 252 Å². The molecule has 0 aliphatic heterocycles. The van der Waals surface area contributed by atoms with Gasteiger partial charge < -0.3 is 9.32 Å². The molecule has 0 N–H and O–H groups in total. The standard InChI is InChI=1S/C41H31NO/c1-4-28(2)39-27-35(22-17-29(39)3)42(33-23-18-31(19-24-33)30-11-6-5-7-12-30)34-25-20-32(21-26-34)36-14-10-15-38-37-13-8-9-16-40(37)43-41(36)38/h4-27H,1-2H2,3H3. The van der Waals surface area contributed by atoms with E-state index < -0.39 is 0 Å². The molecule has 0 aliphatic carbocycles. The number of hydrogen-bond acceptors (Lipinski definition) is 2. The van der Waals surface area contributed by atoms with Gasteiger partial charge >= 0.3 is 0 Å². The first-order valence-corrected chi connectivity index (χ1v) is 14.5. The third kappa shape index (κ3) is 4.83. The van der Waals surface area contributed by atoms with Crippen LogP contribution in [-0.2, 0) is 0 Å². The summed E-state index contributed by atoms with van der Waals surface area (Å²) in [5.41, 5.74) is 12.8. The fourth-order valence-corrected chi connectivity index (χ4v) is 5.85. The van der Waals surface area contributed by atoms with Crippen LogP contribution in [0.25, 0.3) is 49.8 Å². The molecule has 6 aromatic carbocycles. The van der Waals surface area contributed by atoms with E-state index in [0.29, 0.717) is 0 Å². The zero-order valence-electron chi connectivity index (χ0n) is 24.1. The van der Waals surface area contributed by atoms with E-state index in [4.69, 9.17) is 4.42 Å². The molecule has 0 saturated carbocycles. The first-order chi connectivity index (χ1) is 21.1. The van der Waals surface area contributed by atoms with E-state index >= 15 is 0 Å². The Kier molecular flexibility index (Phi) is 6.73. The van der Waals surface area contributed by atoms with Crippen molar-refractivity contribution < 1.29 is 4.42 Å². The highest BCUT2D eigenvalue weighted by atomic mass is 16.3. The van der Waals surface area contributed by atoms with E-state index in [1.807, 2.05) is 24.3 Å². The minimum Gasteiger partial charge on any atom is -0.455 e. The van der Waals surface area contributed by atoms with E-state index in [0.717, 1.165) is 61.3 Å². The molecule has 0 radical (unpaired) electrons. The first kappa shape index (κ1) is 26.3. The highest BCUT2D eigenvalue weighted by Gasteiger charge is 2.16. The molecule has 0 fully saturated rings. The number of furan rings is 1. The molecule has 43 heavy (non-hydrogen) atoms. The van der Waals surface area contributed by atoms with Gasteiger partial charge in [0.1, 0.15) is 11.2 Å². The Hall–Kier alpha value is -5.60. The lowest BCUT2D eigenvalue weighted by Gasteiger charge is -2.27. The maximum absolute atomic E-state index is 6.33. The molecule has 0 unspecified atom stereocenters. The van der Waals surface area contributed by atoms with Gasteiger partial charge in [-0.05, 0) is 82.8 Å². The van der Waals surface area contributed by atoms with E-state index in [-0.39, 0.29) is 0 Å². The predicted octanol–water partition coefficient (Wildman–Crippen LogP) is 11.9. The monoisotopic (exact) mass is 553 g/mol. The molecule has 206 valence electrons. The summed E-state index contributed by atoms with van der Waals surface area (Å²) in [5.74, 6) is 0. The highest BCUT2D eigenvalue weighted by molar-refractivity contribution is 6.09. The topological polar surface area (TPSA) is 16.4 Å². The van der Waals surface area contributed by atoms with Gasteiger partial charge in [-0.2, -0.15) is 0 Å². The molecule has 1 aromatic heterocycles. The summed E-state index contributed by atoms with van der Waals surface area (Å²) in [6.07, 6.45) is 1.82. The Morgan fingerprint density at radius 1 is 0.605 bits per heavy atom. The van der Waals surface area contributed by atoms with Crippen LogP contribution in [0.15, 0.2) is 163 Å². The fraction of sp³-hybridized carbons (Fsp3) is 0.0244. The largest absolute Gasteiger partial charge is 0.455 e. The summed E-state index contributed by atoms with van der Waals surface area (Å²) in [4.78, 5) is 2.29. The number of aryl methyl sites for hydroxylation is 1. The lowest BCUT2D eigenvalue weighted by atomic mass is 9.99. The summed E-state index contributed by atoms with van der Waals surface area (Å²) in [6, 6.07) is 49.1. The summed E-state index contributed by atoms with van der Waals surface area (Å²) in [5, 5.41) is 2.27. The van der Waals surface area contributed by atoms with Gasteiger partial charge in [-0.15, -0.1) is 0 Å². The van der Waals surface area contributed by atoms with Gasteiger partial charge in [0, 0.05) is 33.4 Å². The van der Waals surface area contributed by atoms with E-state index in [1.54, 1.807) is 0 Å². The zero-order chi connectivity index (χ0) is 29.3. The van der Waals surface area contributed by atoms with Crippen LogP contribution in [-0.4, -0.2) is 0 Å². The second-order valence-electron chi connectivity index (χ2n) is 10.8. The second-order valence-corrected chi connectivity index (χ2v) is 10.8. The second kappa shape index (κ2) is 11.0. The van der Waals surface area contributed by atoms with Crippen molar-refractivity contribution in [2.75, 3.05) is 4.90 Å². The van der Waals surface area contributed by atoms with Crippen molar-refractivity contribution in [3.05, 3.63) is 170 Å². The van der Waals surface area contributed by atoms with E-state index in [9.17, 15) is 0 Å². The van der Waals surface area contributed by atoms with Crippen molar-refractivity contribution in [2.45, 2.75) is 6.92 Å². The van der Waals surface area contributed by atoms with Gasteiger partial charge in [-0.3, -0.25) is 0 Å². The average Bonchev–Trinajstić information content (AvgIpc) is 3.45. The zero-order valence-corrected chi connectivity index (χ0v) is 24.1. The van der Waals surface area contributed by atoms with E-state index in [2.05, 4.69) is 146 Å². The van der Waals surface area contributed by atoms with Crippen LogP contribution >= 0.6 is 0 Å². The van der Waals surface area contributed by atoms with Crippen LogP contribution in [0.3, 0.4) is 0 Å². The quantitative estimate of drug-likeness (QED) is 0.183. The number of anilines is 3.